The SMILES string of the molecule is Cc1ccnc(NCCC2=CCNCC2)c1Br. The number of rotatable bonds is 4. The fourth-order valence-corrected chi connectivity index (χ4v) is 2.28. The van der Waals surface area contributed by atoms with Crippen LogP contribution in [-0.4, -0.2) is 24.6 Å². The maximum absolute atomic E-state index is 4.33. The van der Waals surface area contributed by atoms with Gasteiger partial charge in [-0.25, -0.2) is 4.98 Å². The highest BCUT2D eigenvalue weighted by Crippen LogP contribution is 2.23. The van der Waals surface area contributed by atoms with Gasteiger partial charge in [0.25, 0.3) is 0 Å². The lowest BCUT2D eigenvalue weighted by atomic mass is 10.1. The topological polar surface area (TPSA) is 37.0 Å². The van der Waals surface area contributed by atoms with Crippen LogP contribution in [0.5, 0.6) is 0 Å². The van der Waals surface area contributed by atoms with Crippen molar-refractivity contribution >= 4 is 21.7 Å². The van der Waals surface area contributed by atoms with Crippen molar-refractivity contribution in [3.8, 4) is 0 Å². The molecule has 1 aliphatic heterocycles. The second kappa shape index (κ2) is 6.17. The number of aromatic nitrogens is 1. The number of halogens is 1. The molecule has 0 saturated heterocycles. The van der Waals surface area contributed by atoms with E-state index in [0.717, 1.165) is 36.3 Å². The predicted molar refractivity (Wildman–Crippen MR) is 75.4 cm³/mol. The van der Waals surface area contributed by atoms with Crippen molar-refractivity contribution < 1.29 is 0 Å². The first kappa shape index (κ1) is 12.6. The first-order valence-electron chi connectivity index (χ1n) is 6.01. The Morgan fingerprint density at radius 1 is 1.53 bits per heavy atom. The van der Waals surface area contributed by atoms with Gasteiger partial charge in [0.05, 0.1) is 4.47 Å². The Hall–Kier alpha value is -0.870. The van der Waals surface area contributed by atoms with Gasteiger partial charge in [0, 0.05) is 19.3 Å². The molecule has 0 unspecified atom stereocenters. The highest BCUT2D eigenvalue weighted by Gasteiger charge is 2.05. The van der Waals surface area contributed by atoms with Crippen LogP contribution >= 0.6 is 15.9 Å². The van der Waals surface area contributed by atoms with E-state index < -0.39 is 0 Å². The fraction of sp³-hybridized carbons (Fsp3) is 0.462. The van der Waals surface area contributed by atoms with E-state index in [2.05, 4.69) is 44.5 Å². The van der Waals surface area contributed by atoms with Gasteiger partial charge in [-0.05, 0) is 53.9 Å². The second-order valence-corrected chi connectivity index (χ2v) is 5.08. The van der Waals surface area contributed by atoms with Crippen LogP contribution in [0.15, 0.2) is 28.4 Å². The Morgan fingerprint density at radius 2 is 2.41 bits per heavy atom. The summed E-state index contributed by atoms with van der Waals surface area (Å²) in [4.78, 5) is 4.33. The average molecular weight is 296 g/mol. The number of anilines is 1. The summed E-state index contributed by atoms with van der Waals surface area (Å²) < 4.78 is 1.07. The molecule has 1 aliphatic rings. The molecule has 2 heterocycles. The lowest BCUT2D eigenvalue weighted by Crippen LogP contribution is -2.21. The van der Waals surface area contributed by atoms with E-state index in [1.54, 1.807) is 5.57 Å². The zero-order valence-corrected chi connectivity index (χ0v) is 11.7. The van der Waals surface area contributed by atoms with E-state index in [0.29, 0.717) is 0 Å². The van der Waals surface area contributed by atoms with E-state index in [4.69, 9.17) is 0 Å². The van der Waals surface area contributed by atoms with Gasteiger partial charge in [-0.2, -0.15) is 0 Å². The van der Waals surface area contributed by atoms with Crippen molar-refractivity contribution in [2.45, 2.75) is 19.8 Å². The van der Waals surface area contributed by atoms with Crippen LogP contribution in [0, 0.1) is 6.92 Å². The quantitative estimate of drug-likeness (QED) is 0.839. The second-order valence-electron chi connectivity index (χ2n) is 4.28. The molecular weight excluding hydrogens is 278 g/mol. The third-order valence-electron chi connectivity index (χ3n) is 2.98. The maximum Gasteiger partial charge on any atom is 0.140 e. The first-order valence-corrected chi connectivity index (χ1v) is 6.80. The molecule has 0 aliphatic carbocycles. The summed E-state index contributed by atoms with van der Waals surface area (Å²) in [7, 11) is 0. The zero-order chi connectivity index (χ0) is 12.1. The van der Waals surface area contributed by atoms with Gasteiger partial charge in [-0.15, -0.1) is 0 Å². The van der Waals surface area contributed by atoms with Gasteiger partial charge >= 0.3 is 0 Å². The van der Waals surface area contributed by atoms with E-state index in [1.165, 1.54) is 12.0 Å². The van der Waals surface area contributed by atoms with Crippen molar-refractivity contribution in [2.24, 2.45) is 0 Å². The summed E-state index contributed by atoms with van der Waals surface area (Å²) in [5, 5.41) is 6.70. The predicted octanol–water partition coefficient (Wildman–Crippen LogP) is 2.87. The number of aryl methyl sites for hydroxylation is 1. The van der Waals surface area contributed by atoms with Crippen LogP contribution in [-0.2, 0) is 0 Å². The van der Waals surface area contributed by atoms with Gasteiger partial charge < -0.3 is 10.6 Å². The fourth-order valence-electron chi connectivity index (χ4n) is 1.90. The lowest BCUT2D eigenvalue weighted by molar-refractivity contribution is 0.683. The molecule has 0 spiro atoms. The van der Waals surface area contributed by atoms with Crippen LogP contribution in [0.3, 0.4) is 0 Å². The molecule has 17 heavy (non-hydrogen) atoms. The molecule has 4 heteroatoms. The highest BCUT2D eigenvalue weighted by atomic mass is 79.9. The van der Waals surface area contributed by atoms with E-state index >= 15 is 0 Å². The average Bonchev–Trinajstić information content (AvgIpc) is 2.36. The van der Waals surface area contributed by atoms with Crippen LogP contribution in [0.25, 0.3) is 0 Å². The third kappa shape index (κ3) is 3.54. The Bertz CT molecular complexity index is 415. The summed E-state index contributed by atoms with van der Waals surface area (Å²) in [6.07, 6.45) is 6.41. The van der Waals surface area contributed by atoms with E-state index in [-0.39, 0.29) is 0 Å². The van der Waals surface area contributed by atoms with Crippen molar-refractivity contribution in [1.29, 1.82) is 0 Å². The Labute approximate surface area is 111 Å². The lowest BCUT2D eigenvalue weighted by Gasteiger charge is -2.15. The number of hydrogen-bond acceptors (Lipinski definition) is 3. The number of nitrogens with one attached hydrogen (secondary N) is 2. The Balaban J connectivity index is 1.85. The molecular formula is C13H18BrN3. The normalized spacial score (nSPS) is 15.5. The molecule has 2 N–H and O–H groups in total. The Kier molecular flexibility index (Phi) is 4.57. The van der Waals surface area contributed by atoms with Crippen LogP contribution in [0.1, 0.15) is 18.4 Å². The van der Waals surface area contributed by atoms with Gasteiger partial charge in [-0.1, -0.05) is 11.6 Å². The zero-order valence-electron chi connectivity index (χ0n) is 10.1. The van der Waals surface area contributed by atoms with E-state index in [9.17, 15) is 0 Å². The molecule has 0 aromatic carbocycles. The molecule has 0 amide bonds. The largest absolute Gasteiger partial charge is 0.369 e. The summed E-state index contributed by atoms with van der Waals surface area (Å²) in [6.45, 7) is 5.15. The van der Waals surface area contributed by atoms with Crippen molar-refractivity contribution in [2.75, 3.05) is 25.0 Å². The summed E-state index contributed by atoms with van der Waals surface area (Å²) in [6, 6.07) is 2.00. The number of hydrogen-bond donors (Lipinski definition) is 2. The molecule has 1 aromatic heterocycles. The van der Waals surface area contributed by atoms with Crippen LogP contribution in [0.4, 0.5) is 5.82 Å². The number of nitrogens with zero attached hydrogens (tertiary/aromatic N) is 1. The molecule has 1 aromatic rings. The highest BCUT2D eigenvalue weighted by molar-refractivity contribution is 9.10. The summed E-state index contributed by atoms with van der Waals surface area (Å²) >= 11 is 3.56. The van der Waals surface area contributed by atoms with Gasteiger partial charge in [-0.3, -0.25) is 0 Å². The third-order valence-corrected chi connectivity index (χ3v) is 3.98. The molecule has 3 nitrogen and oxygen atoms in total. The number of pyridine rings is 1. The Morgan fingerprint density at radius 3 is 3.18 bits per heavy atom. The van der Waals surface area contributed by atoms with Crippen molar-refractivity contribution in [1.82, 2.24) is 10.3 Å². The van der Waals surface area contributed by atoms with E-state index in [1.807, 2.05) is 12.3 Å². The monoisotopic (exact) mass is 295 g/mol. The minimum absolute atomic E-state index is 0.944. The molecule has 2 rings (SSSR count). The summed E-state index contributed by atoms with van der Waals surface area (Å²) in [5.74, 6) is 0.944. The molecule has 0 atom stereocenters. The molecule has 0 saturated carbocycles. The molecule has 0 bridgehead atoms. The van der Waals surface area contributed by atoms with Gasteiger partial charge in [0.2, 0.25) is 0 Å². The molecule has 0 radical (unpaired) electrons. The van der Waals surface area contributed by atoms with Gasteiger partial charge in [0.1, 0.15) is 5.82 Å². The molecule has 0 fully saturated rings. The van der Waals surface area contributed by atoms with Gasteiger partial charge in [0.15, 0.2) is 0 Å². The first-order chi connectivity index (χ1) is 8.27. The smallest absolute Gasteiger partial charge is 0.140 e. The minimum Gasteiger partial charge on any atom is -0.369 e. The van der Waals surface area contributed by atoms with Crippen molar-refractivity contribution in [3.63, 3.8) is 0 Å². The molecule has 92 valence electrons. The van der Waals surface area contributed by atoms with Crippen LogP contribution in [0.2, 0.25) is 0 Å². The minimum atomic E-state index is 0.944. The van der Waals surface area contributed by atoms with Crippen molar-refractivity contribution in [3.05, 3.63) is 33.9 Å². The summed E-state index contributed by atoms with van der Waals surface area (Å²) in [5.41, 5.74) is 2.75. The standard InChI is InChI=1S/C13H18BrN3/c1-10-2-8-16-13(12(10)14)17-9-5-11-3-6-15-7-4-11/h2-3,8,15H,4-7,9H2,1H3,(H,16,17). The maximum atomic E-state index is 4.33. The van der Waals surface area contributed by atoms with Crippen LogP contribution < -0.4 is 10.6 Å².